The highest BCUT2D eigenvalue weighted by Gasteiger charge is 2.10. The van der Waals surface area contributed by atoms with Gasteiger partial charge in [0.1, 0.15) is 5.76 Å². The van der Waals surface area contributed by atoms with Gasteiger partial charge in [-0.25, -0.2) is 0 Å². The smallest absolute Gasteiger partial charge is 0.117 e. The molecule has 1 aromatic carbocycles. The molecule has 3 rings (SSSR count). The van der Waals surface area contributed by atoms with Gasteiger partial charge in [-0.05, 0) is 49.1 Å². The van der Waals surface area contributed by atoms with Crippen molar-refractivity contribution < 1.29 is 4.42 Å². The highest BCUT2D eigenvalue weighted by molar-refractivity contribution is 5.47. The van der Waals surface area contributed by atoms with Crippen LogP contribution in [0, 0.1) is 0 Å². The minimum atomic E-state index is 0.779. The minimum Gasteiger partial charge on any atom is -0.468 e. The lowest BCUT2D eigenvalue weighted by Crippen LogP contribution is -2.29. The van der Waals surface area contributed by atoms with Gasteiger partial charge in [0.25, 0.3) is 0 Å². The van der Waals surface area contributed by atoms with Crippen molar-refractivity contribution in [3.05, 3.63) is 54.0 Å². The summed E-state index contributed by atoms with van der Waals surface area (Å²) >= 11 is 0. The van der Waals surface area contributed by atoms with Crippen LogP contribution in [0.5, 0.6) is 0 Å². The first-order valence-electron chi connectivity index (χ1n) is 7.49. The van der Waals surface area contributed by atoms with Gasteiger partial charge in [0, 0.05) is 25.3 Å². The van der Waals surface area contributed by atoms with Crippen molar-refractivity contribution in [3.63, 3.8) is 0 Å². The Labute approximate surface area is 120 Å². The lowest BCUT2D eigenvalue weighted by atomic mass is 10.1. The Morgan fingerprint density at radius 3 is 2.45 bits per heavy atom. The molecule has 1 saturated heterocycles. The van der Waals surface area contributed by atoms with Crippen LogP contribution < -0.4 is 10.2 Å². The molecule has 20 heavy (non-hydrogen) atoms. The Morgan fingerprint density at radius 2 is 1.75 bits per heavy atom. The second-order valence-corrected chi connectivity index (χ2v) is 5.40. The molecule has 0 amide bonds. The zero-order valence-electron chi connectivity index (χ0n) is 11.8. The molecule has 3 nitrogen and oxygen atoms in total. The maximum atomic E-state index is 5.30. The summed E-state index contributed by atoms with van der Waals surface area (Å²) in [5, 5.41) is 3.40. The number of furan rings is 1. The molecule has 0 spiro atoms. The molecule has 0 saturated carbocycles. The summed E-state index contributed by atoms with van der Waals surface area (Å²) in [5.74, 6) is 0.981. The number of anilines is 1. The number of benzene rings is 1. The Kier molecular flexibility index (Phi) is 4.38. The van der Waals surface area contributed by atoms with Gasteiger partial charge in [0.15, 0.2) is 0 Å². The Balaban J connectivity index is 1.50. The van der Waals surface area contributed by atoms with Gasteiger partial charge in [-0.15, -0.1) is 0 Å². The average molecular weight is 270 g/mol. The van der Waals surface area contributed by atoms with E-state index in [0.29, 0.717) is 0 Å². The van der Waals surface area contributed by atoms with E-state index in [9.17, 15) is 0 Å². The van der Waals surface area contributed by atoms with E-state index in [0.717, 1.165) is 18.8 Å². The third kappa shape index (κ3) is 3.42. The van der Waals surface area contributed by atoms with E-state index < -0.39 is 0 Å². The highest BCUT2D eigenvalue weighted by atomic mass is 16.3. The van der Waals surface area contributed by atoms with Crippen molar-refractivity contribution in [2.75, 3.05) is 18.0 Å². The van der Waals surface area contributed by atoms with E-state index in [-0.39, 0.29) is 0 Å². The SMILES string of the molecule is c1coc(CNCc2ccc(N3CCCCC3)cc2)c1. The molecule has 0 radical (unpaired) electrons. The molecule has 0 aliphatic carbocycles. The summed E-state index contributed by atoms with van der Waals surface area (Å²) in [4.78, 5) is 2.49. The molecule has 0 atom stereocenters. The summed E-state index contributed by atoms with van der Waals surface area (Å²) in [6, 6.07) is 12.8. The van der Waals surface area contributed by atoms with Gasteiger partial charge in [0.2, 0.25) is 0 Å². The number of hydrogen-bond donors (Lipinski definition) is 1. The molecule has 1 aliphatic rings. The van der Waals surface area contributed by atoms with Gasteiger partial charge in [-0.2, -0.15) is 0 Å². The minimum absolute atomic E-state index is 0.779. The number of nitrogens with one attached hydrogen (secondary N) is 1. The summed E-state index contributed by atoms with van der Waals surface area (Å²) in [6.45, 7) is 4.06. The molecule has 0 bridgehead atoms. The largest absolute Gasteiger partial charge is 0.468 e. The third-order valence-corrected chi connectivity index (χ3v) is 3.87. The molecule has 1 fully saturated rings. The molecular weight excluding hydrogens is 248 g/mol. The lowest BCUT2D eigenvalue weighted by Gasteiger charge is -2.28. The van der Waals surface area contributed by atoms with Crippen molar-refractivity contribution in [2.24, 2.45) is 0 Å². The van der Waals surface area contributed by atoms with Gasteiger partial charge >= 0.3 is 0 Å². The van der Waals surface area contributed by atoms with Crippen molar-refractivity contribution in [1.82, 2.24) is 5.32 Å². The van der Waals surface area contributed by atoms with Crippen molar-refractivity contribution >= 4 is 5.69 Å². The molecule has 2 aromatic rings. The lowest BCUT2D eigenvalue weighted by molar-refractivity contribution is 0.483. The fourth-order valence-corrected chi connectivity index (χ4v) is 2.72. The predicted molar refractivity (Wildman–Crippen MR) is 81.8 cm³/mol. The molecule has 0 unspecified atom stereocenters. The molecule has 106 valence electrons. The topological polar surface area (TPSA) is 28.4 Å². The molecular formula is C17H22N2O. The number of rotatable bonds is 5. The second-order valence-electron chi connectivity index (χ2n) is 5.40. The summed E-state index contributed by atoms with van der Waals surface area (Å²) < 4.78 is 5.30. The highest BCUT2D eigenvalue weighted by Crippen LogP contribution is 2.20. The predicted octanol–water partition coefficient (Wildman–Crippen LogP) is 3.56. The van der Waals surface area contributed by atoms with E-state index in [1.165, 1.54) is 43.6 Å². The molecule has 3 heteroatoms. The van der Waals surface area contributed by atoms with Crippen LogP contribution in [0.4, 0.5) is 5.69 Å². The van der Waals surface area contributed by atoms with Crippen LogP contribution >= 0.6 is 0 Å². The first kappa shape index (κ1) is 13.3. The zero-order chi connectivity index (χ0) is 13.6. The maximum Gasteiger partial charge on any atom is 0.117 e. The van der Waals surface area contributed by atoms with E-state index in [1.54, 1.807) is 6.26 Å². The molecule has 1 aliphatic heterocycles. The van der Waals surface area contributed by atoms with Gasteiger partial charge in [-0.1, -0.05) is 12.1 Å². The van der Waals surface area contributed by atoms with E-state index in [4.69, 9.17) is 4.42 Å². The third-order valence-electron chi connectivity index (χ3n) is 3.87. The van der Waals surface area contributed by atoms with Crippen molar-refractivity contribution in [1.29, 1.82) is 0 Å². The Morgan fingerprint density at radius 1 is 0.950 bits per heavy atom. The fraction of sp³-hybridized carbons (Fsp3) is 0.412. The first-order chi connectivity index (χ1) is 9.92. The van der Waals surface area contributed by atoms with Gasteiger partial charge in [-0.3, -0.25) is 0 Å². The molecule has 2 heterocycles. The van der Waals surface area contributed by atoms with Crippen LogP contribution in [-0.2, 0) is 13.1 Å². The number of piperidine rings is 1. The van der Waals surface area contributed by atoms with Crippen LogP contribution in [0.3, 0.4) is 0 Å². The number of hydrogen-bond acceptors (Lipinski definition) is 3. The monoisotopic (exact) mass is 270 g/mol. The quantitative estimate of drug-likeness (QED) is 0.900. The molecule has 1 N–H and O–H groups in total. The summed E-state index contributed by atoms with van der Waals surface area (Å²) in [5.41, 5.74) is 2.68. The van der Waals surface area contributed by atoms with Crippen molar-refractivity contribution in [3.8, 4) is 0 Å². The zero-order valence-corrected chi connectivity index (χ0v) is 11.8. The van der Waals surface area contributed by atoms with Crippen molar-refractivity contribution in [2.45, 2.75) is 32.4 Å². The van der Waals surface area contributed by atoms with Crippen LogP contribution in [0.2, 0.25) is 0 Å². The van der Waals surface area contributed by atoms with E-state index in [1.807, 2.05) is 12.1 Å². The standard InChI is InChI=1S/C17H22N2O/c1-2-10-19(11-3-1)16-8-6-15(7-9-16)13-18-14-17-5-4-12-20-17/h4-9,12,18H,1-3,10-11,13-14H2. The van der Waals surface area contributed by atoms with Crippen LogP contribution in [0.1, 0.15) is 30.6 Å². The molecule has 1 aromatic heterocycles. The second kappa shape index (κ2) is 6.62. The Hall–Kier alpha value is -1.74. The van der Waals surface area contributed by atoms with E-state index in [2.05, 4.69) is 34.5 Å². The normalized spacial score (nSPS) is 15.5. The fourth-order valence-electron chi connectivity index (χ4n) is 2.72. The van der Waals surface area contributed by atoms with Crippen LogP contribution in [-0.4, -0.2) is 13.1 Å². The average Bonchev–Trinajstić information content (AvgIpc) is 3.02. The Bertz CT molecular complexity index is 498. The van der Waals surface area contributed by atoms with Crippen LogP contribution in [0.25, 0.3) is 0 Å². The maximum absolute atomic E-state index is 5.30. The van der Waals surface area contributed by atoms with E-state index >= 15 is 0 Å². The van der Waals surface area contributed by atoms with Gasteiger partial charge in [0.05, 0.1) is 12.8 Å². The van der Waals surface area contributed by atoms with Gasteiger partial charge < -0.3 is 14.6 Å². The van der Waals surface area contributed by atoms with Crippen LogP contribution in [0.15, 0.2) is 47.1 Å². The number of nitrogens with zero attached hydrogens (tertiary/aromatic N) is 1. The summed E-state index contributed by atoms with van der Waals surface area (Å²) in [6.07, 6.45) is 5.74. The summed E-state index contributed by atoms with van der Waals surface area (Å²) in [7, 11) is 0. The first-order valence-corrected chi connectivity index (χ1v) is 7.49.